The minimum Gasteiger partial charge on any atom is -0.473 e. The molecule has 12 heteroatoms. The van der Waals surface area contributed by atoms with E-state index in [-0.39, 0.29) is 10.6 Å². The van der Waals surface area contributed by atoms with Gasteiger partial charge in [0.2, 0.25) is 10.0 Å². The number of hydrogen-bond donors (Lipinski definition) is 2. The summed E-state index contributed by atoms with van der Waals surface area (Å²) >= 11 is 0. The summed E-state index contributed by atoms with van der Waals surface area (Å²) in [6.45, 7) is 4.62. The van der Waals surface area contributed by atoms with E-state index in [2.05, 4.69) is 29.2 Å². The third kappa shape index (κ3) is 6.57. The Hall–Kier alpha value is -3.35. The van der Waals surface area contributed by atoms with Crippen LogP contribution in [0.2, 0.25) is 0 Å². The highest BCUT2D eigenvalue weighted by Crippen LogP contribution is 2.27. The number of sulfonamides is 1. The SMILES string of the molecule is Cc1ccc(CN2CCN(S(=O)(=O)c3ccccc3[N+](=O)[O-])CC2)cc1.O=C(O)C(=O)O. The Morgan fingerprint density at radius 2 is 1.50 bits per heavy atom. The molecule has 0 atom stereocenters. The average molecular weight is 465 g/mol. The molecule has 1 fully saturated rings. The van der Waals surface area contributed by atoms with E-state index in [1.807, 2.05) is 6.92 Å². The van der Waals surface area contributed by atoms with Crippen molar-refractivity contribution in [3.63, 3.8) is 0 Å². The van der Waals surface area contributed by atoms with Gasteiger partial charge in [0.1, 0.15) is 0 Å². The summed E-state index contributed by atoms with van der Waals surface area (Å²) in [4.78, 5) is 30.6. The smallest absolute Gasteiger partial charge is 0.414 e. The van der Waals surface area contributed by atoms with E-state index >= 15 is 0 Å². The van der Waals surface area contributed by atoms with Crippen LogP contribution in [0.15, 0.2) is 53.4 Å². The number of aliphatic carboxylic acids is 2. The van der Waals surface area contributed by atoms with Crippen molar-refractivity contribution in [3.8, 4) is 0 Å². The van der Waals surface area contributed by atoms with E-state index < -0.39 is 26.9 Å². The molecule has 0 bridgehead atoms. The Morgan fingerprint density at radius 3 is 2.00 bits per heavy atom. The van der Waals surface area contributed by atoms with Crippen molar-refractivity contribution in [2.45, 2.75) is 18.4 Å². The number of aryl methyl sites for hydroxylation is 1. The highest BCUT2D eigenvalue weighted by Gasteiger charge is 2.33. The normalized spacial score (nSPS) is 14.8. The van der Waals surface area contributed by atoms with E-state index in [0.29, 0.717) is 26.2 Å². The maximum Gasteiger partial charge on any atom is 0.414 e. The molecule has 0 amide bonds. The number of benzene rings is 2. The van der Waals surface area contributed by atoms with Gasteiger partial charge in [0.15, 0.2) is 4.90 Å². The Balaban J connectivity index is 0.000000534. The summed E-state index contributed by atoms with van der Waals surface area (Å²) < 4.78 is 27.0. The molecule has 0 aromatic heterocycles. The minimum absolute atomic E-state index is 0.239. The molecule has 1 aliphatic heterocycles. The second kappa shape index (κ2) is 10.8. The van der Waals surface area contributed by atoms with Gasteiger partial charge in [-0.1, -0.05) is 42.0 Å². The molecule has 2 aromatic rings. The predicted molar refractivity (Wildman–Crippen MR) is 114 cm³/mol. The van der Waals surface area contributed by atoms with Crippen LogP contribution in [-0.4, -0.2) is 70.9 Å². The molecule has 1 saturated heterocycles. The summed E-state index contributed by atoms with van der Waals surface area (Å²) in [5.41, 5.74) is 2.01. The molecule has 2 aromatic carbocycles. The van der Waals surface area contributed by atoms with Gasteiger partial charge in [-0.05, 0) is 18.6 Å². The van der Waals surface area contributed by atoms with Gasteiger partial charge in [-0.2, -0.15) is 4.31 Å². The lowest BCUT2D eigenvalue weighted by atomic mass is 10.1. The van der Waals surface area contributed by atoms with Gasteiger partial charge < -0.3 is 10.2 Å². The molecule has 1 aliphatic rings. The van der Waals surface area contributed by atoms with Crippen LogP contribution in [-0.2, 0) is 26.2 Å². The Kier molecular flexibility index (Phi) is 8.41. The zero-order valence-corrected chi connectivity index (χ0v) is 18.1. The van der Waals surface area contributed by atoms with Crippen molar-refractivity contribution >= 4 is 27.6 Å². The molecule has 1 heterocycles. The fraction of sp³-hybridized carbons (Fsp3) is 0.300. The topological polar surface area (TPSA) is 158 Å². The third-order valence-corrected chi connectivity index (χ3v) is 6.67. The Bertz CT molecular complexity index is 1070. The number of rotatable bonds is 5. The van der Waals surface area contributed by atoms with Crippen LogP contribution in [0.5, 0.6) is 0 Å². The quantitative estimate of drug-likeness (QED) is 0.380. The minimum atomic E-state index is -3.87. The van der Waals surface area contributed by atoms with Crippen molar-refractivity contribution in [1.29, 1.82) is 0 Å². The largest absolute Gasteiger partial charge is 0.473 e. The van der Waals surface area contributed by atoms with Crippen LogP contribution < -0.4 is 0 Å². The van der Waals surface area contributed by atoms with Crippen molar-refractivity contribution < 1.29 is 33.1 Å². The van der Waals surface area contributed by atoms with Crippen molar-refractivity contribution in [2.24, 2.45) is 0 Å². The fourth-order valence-electron chi connectivity index (χ4n) is 3.04. The lowest BCUT2D eigenvalue weighted by Crippen LogP contribution is -2.48. The summed E-state index contributed by atoms with van der Waals surface area (Å²) in [6, 6.07) is 13.8. The first-order chi connectivity index (χ1) is 15.0. The summed E-state index contributed by atoms with van der Waals surface area (Å²) in [5.74, 6) is -3.65. The second-order valence-electron chi connectivity index (χ2n) is 7.00. The van der Waals surface area contributed by atoms with Gasteiger partial charge in [0.05, 0.1) is 4.92 Å². The van der Waals surface area contributed by atoms with Crippen LogP contribution in [0.25, 0.3) is 0 Å². The molecule has 172 valence electrons. The van der Waals surface area contributed by atoms with Crippen molar-refractivity contribution in [3.05, 3.63) is 69.8 Å². The highest BCUT2D eigenvalue weighted by molar-refractivity contribution is 7.89. The number of nitrogens with zero attached hydrogens (tertiary/aromatic N) is 3. The lowest BCUT2D eigenvalue weighted by Gasteiger charge is -2.33. The standard InChI is InChI=1S/C18H21N3O4S.C2H2O4/c1-15-6-8-16(9-7-15)14-19-10-12-20(13-11-19)26(24,25)18-5-3-2-4-17(18)21(22)23;3-1(4)2(5)6/h2-9H,10-14H2,1H3;(H,3,4)(H,5,6). The summed E-state index contributed by atoms with van der Waals surface area (Å²) in [6.07, 6.45) is 0. The monoisotopic (exact) mass is 465 g/mol. The number of piperazine rings is 1. The van der Waals surface area contributed by atoms with E-state index in [1.54, 1.807) is 0 Å². The van der Waals surface area contributed by atoms with Gasteiger partial charge in [0.25, 0.3) is 5.69 Å². The van der Waals surface area contributed by atoms with E-state index in [9.17, 15) is 18.5 Å². The van der Waals surface area contributed by atoms with Crippen molar-refractivity contribution in [1.82, 2.24) is 9.21 Å². The number of para-hydroxylation sites is 1. The molecule has 0 aliphatic carbocycles. The maximum atomic E-state index is 12.8. The molecule has 2 N–H and O–H groups in total. The zero-order valence-electron chi connectivity index (χ0n) is 17.2. The van der Waals surface area contributed by atoms with Gasteiger partial charge in [-0.3, -0.25) is 15.0 Å². The molecule has 3 rings (SSSR count). The first-order valence-corrected chi connectivity index (χ1v) is 10.9. The molecule has 0 unspecified atom stereocenters. The third-order valence-electron chi connectivity index (χ3n) is 4.72. The second-order valence-corrected chi connectivity index (χ2v) is 8.91. The number of nitro groups is 1. The molecule has 0 spiro atoms. The predicted octanol–water partition coefficient (Wildman–Crippen LogP) is 1.57. The molecular weight excluding hydrogens is 442 g/mol. The van der Waals surface area contributed by atoms with Crippen LogP contribution in [0, 0.1) is 17.0 Å². The molecule has 0 radical (unpaired) electrons. The van der Waals surface area contributed by atoms with E-state index in [4.69, 9.17) is 19.8 Å². The summed E-state index contributed by atoms with van der Waals surface area (Å²) in [5, 5.41) is 25.9. The fourth-order valence-corrected chi connectivity index (χ4v) is 4.62. The highest BCUT2D eigenvalue weighted by atomic mass is 32.2. The van der Waals surface area contributed by atoms with Crippen LogP contribution in [0.1, 0.15) is 11.1 Å². The molecule has 32 heavy (non-hydrogen) atoms. The molecule has 11 nitrogen and oxygen atoms in total. The first-order valence-electron chi connectivity index (χ1n) is 9.50. The van der Waals surface area contributed by atoms with Crippen LogP contribution >= 0.6 is 0 Å². The van der Waals surface area contributed by atoms with Gasteiger partial charge in [0, 0.05) is 38.8 Å². The number of carboxylic acids is 2. The lowest BCUT2D eigenvalue weighted by molar-refractivity contribution is -0.387. The van der Waals surface area contributed by atoms with Crippen LogP contribution in [0.3, 0.4) is 0 Å². The van der Waals surface area contributed by atoms with Gasteiger partial charge in [-0.15, -0.1) is 0 Å². The Morgan fingerprint density at radius 1 is 0.969 bits per heavy atom. The first kappa shape index (κ1) is 24.9. The van der Waals surface area contributed by atoms with E-state index in [1.165, 1.54) is 39.7 Å². The maximum absolute atomic E-state index is 12.8. The number of hydrogen-bond acceptors (Lipinski definition) is 7. The zero-order chi connectivity index (χ0) is 23.9. The van der Waals surface area contributed by atoms with Gasteiger partial charge in [-0.25, -0.2) is 18.0 Å². The summed E-state index contributed by atoms with van der Waals surface area (Å²) in [7, 11) is -3.87. The number of nitro benzene ring substituents is 1. The molecular formula is C20H23N3O8S. The van der Waals surface area contributed by atoms with Crippen LogP contribution in [0.4, 0.5) is 5.69 Å². The molecule has 0 saturated carbocycles. The Labute approximate surface area is 184 Å². The van der Waals surface area contributed by atoms with E-state index in [0.717, 1.165) is 6.54 Å². The number of carbonyl (C=O) groups is 2. The number of carboxylic acid groups (broad SMARTS) is 2. The average Bonchev–Trinajstić information content (AvgIpc) is 2.76. The van der Waals surface area contributed by atoms with Gasteiger partial charge >= 0.3 is 11.9 Å². The van der Waals surface area contributed by atoms with Crippen molar-refractivity contribution in [2.75, 3.05) is 26.2 Å².